The van der Waals surface area contributed by atoms with Crippen molar-refractivity contribution in [2.45, 2.75) is 6.42 Å². The summed E-state index contributed by atoms with van der Waals surface area (Å²) in [4.78, 5) is 12.1. The van der Waals surface area contributed by atoms with Gasteiger partial charge in [0.05, 0.1) is 13.0 Å². The van der Waals surface area contributed by atoms with Crippen LogP contribution < -0.4 is 10.1 Å². The van der Waals surface area contributed by atoms with E-state index in [2.05, 4.69) is 5.32 Å². The average Bonchev–Trinajstić information content (AvgIpc) is 2.57. The topological polar surface area (TPSA) is 58.6 Å². The molecule has 0 aromatic heterocycles. The molecule has 0 saturated carbocycles. The van der Waals surface area contributed by atoms with Crippen LogP contribution in [0.15, 0.2) is 66.7 Å². The van der Waals surface area contributed by atoms with Crippen LogP contribution in [0.3, 0.4) is 0 Å². The molecule has 1 amide bonds. The average molecular weight is 307 g/mol. The van der Waals surface area contributed by atoms with Crippen LogP contribution in [0.5, 0.6) is 11.5 Å². The highest BCUT2D eigenvalue weighted by Gasteiger charge is 2.08. The quantitative estimate of drug-likeness (QED) is 0.750. The molecule has 4 nitrogen and oxygen atoms in total. The van der Waals surface area contributed by atoms with Crippen molar-refractivity contribution in [1.82, 2.24) is 0 Å². The lowest BCUT2D eigenvalue weighted by Gasteiger charge is -2.10. The number of fused-ring (bicyclic) bond motifs is 1. The van der Waals surface area contributed by atoms with E-state index in [9.17, 15) is 9.90 Å². The molecule has 0 aliphatic rings. The van der Waals surface area contributed by atoms with Crippen LogP contribution in [0.4, 0.5) is 5.69 Å². The summed E-state index contributed by atoms with van der Waals surface area (Å²) in [5.41, 5.74) is 0.683. The van der Waals surface area contributed by atoms with Gasteiger partial charge in [-0.3, -0.25) is 4.79 Å². The summed E-state index contributed by atoms with van der Waals surface area (Å²) in [6, 6.07) is 20.1. The van der Waals surface area contributed by atoms with Crippen molar-refractivity contribution in [2.75, 3.05) is 11.9 Å². The van der Waals surface area contributed by atoms with Gasteiger partial charge in [0.25, 0.3) is 0 Å². The number of carbonyl (C=O) groups is 1. The Balaban J connectivity index is 1.63. The van der Waals surface area contributed by atoms with Gasteiger partial charge in [0.2, 0.25) is 5.91 Å². The molecule has 2 N–H and O–H groups in total. The number of benzene rings is 3. The molecule has 4 heteroatoms. The highest BCUT2D eigenvalue weighted by atomic mass is 16.5. The van der Waals surface area contributed by atoms with Gasteiger partial charge in [0.15, 0.2) is 0 Å². The Kier molecular flexibility index (Phi) is 4.43. The molecule has 3 aromatic rings. The van der Waals surface area contributed by atoms with E-state index in [1.807, 2.05) is 48.5 Å². The van der Waals surface area contributed by atoms with E-state index >= 15 is 0 Å². The Morgan fingerprint density at radius 3 is 2.48 bits per heavy atom. The summed E-state index contributed by atoms with van der Waals surface area (Å²) >= 11 is 0. The van der Waals surface area contributed by atoms with Crippen molar-refractivity contribution >= 4 is 22.4 Å². The fourth-order valence-corrected chi connectivity index (χ4v) is 2.39. The second-order valence-electron chi connectivity index (χ2n) is 5.14. The van der Waals surface area contributed by atoms with E-state index in [1.165, 1.54) is 0 Å². The van der Waals surface area contributed by atoms with Gasteiger partial charge in [-0.15, -0.1) is 0 Å². The van der Waals surface area contributed by atoms with Crippen molar-refractivity contribution < 1.29 is 14.6 Å². The molecule has 0 atom stereocenters. The zero-order chi connectivity index (χ0) is 16.1. The zero-order valence-corrected chi connectivity index (χ0v) is 12.5. The Bertz CT molecular complexity index is 815. The van der Waals surface area contributed by atoms with Crippen molar-refractivity contribution in [2.24, 2.45) is 0 Å². The molecule has 0 fully saturated rings. The van der Waals surface area contributed by atoms with Gasteiger partial charge in [-0.25, -0.2) is 0 Å². The number of phenolic OH excluding ortho intramolecular Hbond substituents is 1. The van der Waals surface area contributed by atoms with Crippen molar-refractivity contribution in [3.63, 3.8) is 0 Å². The lowest BCUT2D eigenvalue weighted by atomic mass is 10.1. The second kappa shape index (κ2) is 6.83. The molecule has 0 bridgehead atoms. The molecule has 3 aromatic carbocycles. The lowest BCUT2D eigenvalue weighted by Crippen LogP contribution is -2.15. The Morgan fingerprint density at radius 2 is 1.65 bits per heavy atom. The predicted molar refractivity (Wildman–Crippen MR) is 90.8 cm³/mol. The van der Waals surface area contributed by atoms with Crippen molar-refractivity contribution in [3.05, 3.63) is 66.7 Å². The fraction of sp³-hybridized carbons (Fsp3) is 0.105. The molecule has 0 radical (unpaired) electrons. The Morgan fingerprint density at radius 1 is 0.913 bits per heavy atom. The summed E-state index contributed by atoms with van der Waals surface area (Å²) in [6.07, 6.45) is 0.254. The number of rotatable bonds is 5. The van der Waals surface area contributed by atoms with Crippen LogP contribution in [-0.2, 0) is 4.79 Å². The van der Waals surface area contributed by atoms with E-state index in [0.717, 1.165) is 11.1 Å². The number of ether oxygens (including phenoxy) is 1. The SMILES string of the molecule is O=C(CCOc1ccccc1)Nc1cccc2c(O)cccc12. The monoisotopic (exact) mass is 307 g/mol. The maximum absolute atomic E-state index is 12.1. The Labute approximate surface area is 134 Å². The van der Waals surface area contributed by atoms with Crippen LogP contribution in [-0.4, -0.2) is 17.6 Å². The molecule has 0 saturated heterocycles. The van der Waals surface area contributed by atoms with Crippen LogP contribution in [0.25, 0.3) is 10.8 Å². The van der Waals surface area contributed by atoms with Crippen LogP contribution in [0.1, 0.15) is 6.42 Å². The molecule has 0 aliphatic heterocycles. The summed E-state index contributed by atoms with van der Waals surface area (Å²) < 4.78 is 5.52. The van der Waals surface area contributed by atoms with Crippen LogP contribution in [0.2, 0.25) is 0 Å². The molecule has 23 heavy (non-hydrogen) atoms. The number of anilines is 1. The first-order valence-electron chi connectivity index (χ1n) is 7.42. The molecule has 116 valence electrons. The van der Waals surface area contributed by atoms with E-state index in [-0.39, 0.29) is 18.1 Å². The van der Waals surface area contributed by atoms with Gasteiger partial charge in [-0.2, -0.15) is 0 Å². The van der Waals surface area contributed by atoms with Gasteiger partial charge in [-0.1, -0.05) is 42.5 Å². The summed E-state index contributed by atoms with van der Waals surface area (Å²) in [6.45, 7) is 0.311. The highest BCUT2D eigenvalue weighted by Crippen LogP contribution is 2.29. The van der Waals surface area contributed by atoms with Gasteiger partial charge < -0.3 is 15.2 Å². The van der Waals surface area contributed by atoms with Gasteiger partial charge in [-0.05, 0) is 24.3 Å². The standard InChI is InChI=1S/C19H17NO3/c21-18-11-5-8-15-16(18)9-4-10-17(15)20-19(22)12-13-23-14-6-2-1-3-7-14/h1-11,21H,12-13H2,(H,20,22). The minimum atomic E-state index is -0.128. The molecule has 0 spiro atoms. The number of carbonyl (C=O) groups excluding carboxylic acids is 1. The van der Waals surface area contributed by atoms with Gasteiger partial charge >= 0.3 is 0 Å². The van der Waals surface area contributed by atoms with E-state index in [0.29, 0.717) is 17.7 Å². The number of hydrogen-bond acceptors (Lipinski definition) is 3. The molecular formula is C19H17NO3. The van der Waals surface area contributed by atoms with Crippen molar-refractivity contribution in [3.8, 4) is 11.5 Å². The second-order valence-corrected chi connectivity index (χ2v) is 5.14. The number of para-hydroxylation sites is 1. The molecule has 0 heterocycles. The minimum Gasteiger partial charge on any atom is -0.507 e. The number of phenols is 1. The first-order valence-corrected chi connectivity index (χ1v) is 7.42. The number of hydrogen-bond donors (Lipinski definition) is 2. The Hall–Kier alpha value is -3.01. The largest absolute Gasteiger partial charge is 0.507 e. The molecule has 0 aliphatic carbocycles. The smallest absolute Gasteiger partial charge is 0.227 e. The van der Waals surface area contributed by atoms with Crippen molar-refractivity contribution in [1.29, 1.82) is 0 Å². The third-order valence-electron chi connectivity index (χ3n) is 3.51. The van der Waals surface area contributed by atoms with E-state index in [1.54, 1.807) is 18.2 Å². The van der Waals surface area contributed by atoms with E-state index in [4.69, 9.17) is 4.74 Å². The zero-order valence-electron chi connectivity index (χ0n) is 12.5. The van der Waals surface area contributed by atoms with Crippen LogP contribution in [0, 0.1) is 0 Å². The van der Waals surface area contributed by atoms with Gasteiger partial charge in [0, 0.05) is 16.5 Å². The van der Waals surface area contributed by atoms with E-state index < -0.39 is 0 Å². The first kappa shape index (κ1) is 14.9. The minimum absolute atomic E-state index is 0.128. The number of nitrogens with one attached hydrogen (secondary N) is 1. The molecule has 0 unspecified atom stereocenters. The summed E-state index contributed by atoms with van der Waals surface area (Å²) in [5, 5.41) is 14.3. The summed E-state index contributed by atoms with van der Waals surface area (Å²) in [7, 11) is 0. The fourth-order valence-electron chi connectivity index (χ4n) is 2.39. The number of aromatic hydroxyl groups is 1. The third-order valence-corrected chi connectivity index (χ3v) is 3.51. The lowest BCUT2D eigenvalue weighted by molar-refractivity contribution is -0.116. The maximum Gasteiger partial charge on any atom is 0.227 e. The normalized spacial score (nSPS) is 10.4. The first-order chi connectivity index (χ1) is 11.2. The highest BCUT2D eigenvalue weighted by molar-refractivity contribution is 6.03. The summed E-state index contributed by atoms with van der Waals surface area (Å²) in [5.74, 6) is 0.818. The molecular weight excluding hydrogens is 290 g/mol. The van der Waals surface area contributed by atoms with Gasteiger partial charge in [0.1, 0.15) is 11.5 Å². The number of amides is 1. The predicted octanol–water partition coefficient (Wildman–Crippen LogP) is 3.95. The third kappa shape index (κ3) is 3.61. The molecule has 3 rings (SSSR count). The maximum atomic E-state index is 12.1. The van der Waals surface area contributed by atoms with Crippen LogP contribution >= 0.6 is 0 Å².